The van der Waals surface area contributed by atoms with E-state index in [1.165, 1.54) is 5.56 Å². The molecule has 1 amide bonds. The maximum absolute atomic E-state index is 12.7. The maximum atomic E-state index is 12.7. The molecule has 1 unspecified atom stereocenters. The standard InChI is InChI=1S/C18H28N4O2/c1-24-12-11-20-6-4-17(15-20)18(23)22-9-7-21(8-10-22)14-16-3-2-5-19-13-16/h2-3,5,13,17H,4,6-12,14-15H2,1H3. The molecular formula is C18H28N4O2. The molecule has 6 heteroatoms. The van der Waals surface area contributed by atoms with Gasteiger partial charge in [-0.15, -0.1) is 0 Å². The number of hydrogen-bond donors (Lipinski definition) is 0. The number of aromatic nitrogens is 1. The number of pyridine rings is 1. The molecule has 0 saturated carbocycles. The molecule has 0 bridgehead atoms. The van der Waals surface area contributed by atoms with Gasteiger partial charge in [0.05, 0.1) is 12.5 Å². The number of carbonyl (C=O) groups is 1. The highest BCUT2D eigenvalue weighted by Crippen LogP contribution is 2.19. The van der Waals surface area contributed by atoms with Gasteiger partial charge >= 0.3 is 0 Å². The lowest BCUT2D eigenvalue weighted by atomic mass is 10.1. The Kier molecular flexibility index (Phi) is 6.18. The Morgan fingerprint density at radius 2 is 2.08 bits per heavy atom. The molecule has 2 saturated heterocycles. The van der Waals surface area contributed by atoms with E-state index < -0.39 is 0 Å². The molecule has 24 heavy (non-hydrogen) atoms. The van der Waals surface area contributed by atoms with Gasteiger partial charge in [0, 0.05) is 65.3 Å². The van der Waals surface area contributed by atoms with Gasteiger partial charge in [-0.25, -0.2) is 0 Å². The van der Waals surface area contributed by atoms with E-state index in [1.54, 1.807) is 13.3 Å². The highest BCUT2D eigenvalue weighted by atomic mass is 16.5. The van der Waals surface area contributed by atoms with Crippen molar-refractivity contribution in [2.75, 3.05) is 59.5 Å². The summed E-state index contributed by atoms with van der Waals surface area (Å²) in [6.45, 7) is 8.07. The molecule has 0 spiro atoms. The minimum Gasteiger partial charge on any atom is -0.383 e. The summed E-state index contributed by atoms with van der Waals surface area (Å²) in [4.78, 5) is 23.7. The molecular weight excluding hydrogens is 304 g/mol. The second-order valence-electron chi connectivity index (χ2n) is 6.74. The van der Waals surface area contributed by atoms with Crippen molar-refractivity contribution in [3.8, 4) is 0 Å². The van der Waals surface area contributed by atoms with Crippen LogP contribution in [0.4, 0.5) is 0 Å². The summed E-state index contributed by atoms with van der Waals surface area (Å²) in [6, 6.07) is 4.09. The summed E-state index contributed by atoms with van der Waals surface area (Å²) in [5.74, 6) is 0.516. The average Bonchev–Trinajstić information content (AvgIpc) is 3.10. The number of hydrogen-bond acceptors (Lipinski definition) is 5. The van der Waals surface area contributed by atoms with E-state index in [-0.39, 0.29) is 5.92 Å². The Morgan fingerprint density at radius 3 is 2.79 bits per heavy atom. The van der Waals surface area contributed by atoms with E-state index in [0.717, 1.165) is 65.4 Å². The fraction of sp³-hybridized carbons (Fsp3) is 0.667. The topological polar surface area (TPSA) is 48.9 Å². The third-order valence-electron chi connectivity index (χ3n) is 5.05. The first kappa shape index (κ1) is 17.3. The minimum atomic E-state index is 0.173. The number of carbonyl (C=O) groups excluding carboxylic acids is 1. The summed E-state index contributed by atoms with van der Waals surface area (Å²) in [5, 5.41) is 0. The van der Waals surface area contributed by atoms with Gasteiger partial charge in [0.25, 0.3) is 0 Å². The highest BCUT2D eigenvalue weighted by Gasteiger charge is 2.32. The van der Waals surface area contributed by atoms with Gasteiger partial charge in [0.15, 0.2) is 0 Å². The first-order valence-corrected chi connectivity index (χ1v) is 8.87. The van der Waals surface area contributed by atoms with Gasteiger partial charge in [0.1, 0.15) is 0 Å². The van der Waals surface area contributed by atoms with Crippen LogP contribution in [-0.2, 0) is 16.1 Å². The number of piperazine rings is 1. The summed E-state index contributed by atoms with van der Waals surface area (Å²) >= 11 is 0. The number of ether oxygens (including phenoxy) is 1. The predicted octanol–water partition coefficient (Wildman–Crippen LogP) is 0.694. The molecule has 3 heterocycles. The normalized spacial score (nSPS) is 22.9. The molecule has 0 radical (unpaired) electrons. The second kappa shape index (κ2) is 8.55. The Hall–Kier alpha value is -1.50. The molecule has 132 valence electrons. The van der Waals surface area contributed by atoms with Crippen LogP contribution < -0.4 is 0 Å². The van der Waals surface area contributed by atoms with Gasteiger partial charge in [-0.05, 0) is 24.6 Å². The number of amides is 1. The largest absolute Gasteiger partial charge is 0.383 e. The third kappa shape index (κ3) is 4.53. The Labute approximate surface area is 144 Å². The van der Waals surface area contributed by atoms with Crippen LogP contribution in [0.1, 0.15) is 12.0 Å². The SMILES string of the molecule is COCCN1CCC(C(=O)N2CCN(Cc3cccnc3)CC2)C1. The zero-order valence-corrected chi connectivity index (χ0v) is 14.6. The number of methoxy groups -OCH3 is 1. The molecule has 0 N–H and O–H groups in total. The van der Waals surface area contributed by atoms with Crippen molar-refractivity contribution in [1.82, 2.24) is 19.7 Å². The van der Waals surface area contributed by atoms with Crippen LogP contribution in [0, 0.1) is 5.92 Å². The van der Waals surface area contributed by atoms with Gasteiger partial charge in [-0.2, -0.15) is 0 Å². The molecule has 2 fully saturated rings. The van der Waals surface area contributed by atoms with Crippen LogP contribution in [0.15, 0.2) is 24.5 Å². The lowest BCUT2D eigenvalue weighted by molar-refractivity contribution is -0.137. The van der Waals surface area contributed by atoms with Crippen LogP contribution in [0.5, 0.6) is 0 Å². The Bertz CT molecular complexity index is 517. The van der Waals surface area contributed by atoms with Gasteiger partial charge in [0.2, 0.25) is 5.91 Å². The van der Waals surface area contributed by atoms with Gasteiger partial charge in [-0.1, -0.05) is 6.07 Å². The molecule has 3 rings (SSSR count). The molecule has 6 nitrogen and oxygen atoms in total. The van der Waals surface area contributed by atoms with E-state index in [2.05, 4.69) is 25.8 Å². The predicted molar refractivity (Wildman–Crippen MR) is 92.5 cm³/mol. The summed E-state index contributed by atoms with van der Waals surface area (Å²) in [7, 11) is 1.73. The minimum absolute atomic E-state index is 0.173. The Morgan fingerprint density at radius 1 is 1.25 bits per heavy atom. The van der Waals surface area contributed by atoms with Crippen molar-refractivity contribution >= 4 is 5.91 Å². The summed E-state index contributed by atoms with van der Waals surface area (Å²) < 4.78 is 5.13. The molecule has 1 aromatic rings. The molecule has 2 aliphatic rings. The second-order valence-corrected chi connectivity index (χ2v) is 6.74. The number of likely N-dealkylation sites (tertiary alicyclic amines) is 1. The molecule has 2 aliphatic heterocycles. The fourth-order valence-electron chi connectivity index (χ4n) is 3.59. The summed E-state index contributed by atoms with van der Waals surface area (Å²) in [6.07, 6.45) is 4.71. The lowest BCUT2D eigenvalue weighted by Gasteiger charge is -2.36. The lowest BCUT2D eigenvalue weighted by Crippen LogP contribution is -2.50. The molecule has 0 aliphatic carbocycles. The Balaban J connectivity index is 1.42. The van der Waals surface area contributed by atoms with E-state index in [0.29, 0.717) is 5.91 Å². The van der Waals surface area contributed by atoms with E-state index in [4.69, 9.17) is 4.74 Å². The van der Waals surface area contributed by atoms with Crippen LogP contribution in [0.25, 0.3) is 0 Å². The number of nitrogens with zero attached hydrogens (tertiary/aromatic N) is 4. The molecule has 1 aromatic heterocycles. The van der Waals surface area contributed by atoms with Crippen LogP contribution in [0.2, 0.25) is 0 Å². The first-order chi connectivity index (χ1) is 11.8. The van der Waals surface area contributed by atoms with Crippen LogP contribution >= 0.6 is 0 Å². The van der Waals surface area contributed by atoms with Crippen LogP contribution in [-0.4, -0.2) is 85.1 Å². The summed E-state index contributed by atoms with van der Waals surface area (Å²) in [5.41, 5.74) is 1.24. The van der Waals surface area contributed by atoms with Crippen molar-refractivity contribution in [3.63, 3.8) is 0 Å². The van der Waals surface area contributed by atoms with E-state index in [1.807, 2.05) is 12.3 Å². The highest BCUT2D eigenvalue weighted by molar-refractivity contribution is 5.79. The maximum Gasteiger partial charge on any atom is 0.227 e. The van der Waals surface area contributed by atoms with Crippen molar-refractivity contribution < 1.29 is 9.53 Å². The zero-order valence-electron chi connectivity index (χ0n) is 14.6. The van der Waals surface area contributed by atoms with Crippen molar-refractivity contribution in [2.45, 2.75) is 13.0 Å². The third-order valence-corrected chi connectivity index (χ3v) is 5.05. The smallest absolute Gasteiger partial charge is 0.227 e. The van der Waals surface area contributed by atoms with Crippen molar-refractivity contribution in [3.05, 3.63) is 30.1 Å². The average molecular weight is 332 g/mol. The fourth-order valence-corrected chi connectivity index (χ4v) is 3.59. The molecule has 1 atom stereocenters. The number of rotatable bonds is 6. The quantitative estimate of drug-likeness (QED) is 0.767. The zero-order chi connectivity index (χ0) is 16.8. The van der Waals surface area contributed by atoms with E-state index in [9.17, 15) is 4.79 Å². The molecule has 0 aromatic carbocycles. The van der Waals surface area contributed by atoms with Crippen molar-refractivity contribution in [1.29, 1.82) is 0 Å². The van der Waals surface area contributed by atoms with Gasteiger partial charge in [-0.3, -0.25) is 14.7 Å². The monoisotopic (exact) mass is 332 g/mol. The van der Waals surface area contributed by atoms with Crippen molar-refractivity contribution in [2.24, 2.45) is 5.92 Å². The van der Waals surface area contributed by atoms with Crippen LogP contribution in [0.3, 0.4) is 0 Å². The first-order valence-electron chi connectivity index (χ1n) is 8.87. The van der Waals surface area contributed by atoms with E-state index >= 15 is 0 Å². The van der Waals surface area contributed by atoms with Gasteiger partial charge < -0.3 is 14.5 Å².